The van der Waals surface area contributed by atoms with Crippen molar-refractivity contribution in [2.24, 2.45) is 0 Å². The molecule has 0 saturated carbocycles. The van der Waals surface area contributed by atoms with Gasteiger partial charge in [-0.05, 0) is 43.5 Å². The number of benzene rings is 2. The number of amides is 4. The van der Waals surface area contributed by atoms with E-state index in [2.05, 4.69) is 21.3 Å². The summed E-state index contributed by atoms with van der Waals surface area (Å²) in [6.45, 7) is 3.50. The number of methoxy groups -OCH3 is 1. The number of hydrogen-bond acceptors (Lipinski definition) is 6. The van der Waals surface area contributed by atoms with Crippen LogP contribution in [0.4, 0.5) is 4.79 Å². The average Bonchev–Trinajstić information content (AvgIpc) is 3.66. The van der Waals surface area contributed by atoms with Gasteiger partial charge in [0.25, 0.3) is 0 Å². The van der Waals surface area contributed by atoms with Crippen molar-refractivity contribution < 1.29 is 28.7 Å². The fourth-order valence-electron chi connectivity index (χ4n) is 3.79. The zero-order chi connectivity index (χ0) is 27.0. The van der Waals surface area contributed by atoms with E-state index in [1.807, 2.05) is 30.3 Å². The van der Waals surface area contributed by atoms with E-state index in [1.54, 1.807) is 38.3 Å². The lowest BCUT2D eigenvalue weighted by Crippen LogP contribution is -2.57. The lowest BCUT2D eigenvalue weighted by molar-refractivity contribution is -0.133. The second-order valence-corrected chi connectivity index (χ2v) is 9.19. The van der Waals surface area contributed by atoms with Crippen LogP contribution >= 0.6 is 0 Å². The molecule has 0 aromatic heterocycles. The van der Waals surface area contributed by atoms with Crippen molar-refractivity contribution in [2.45, 2.75) is 50.4 Å². The molecule has 2 aromatic carbocycles. The molecule has 3 rings (SSSR count). The van der Waals surface area contributed by atoms with Gasteiger partial charge >= 0.3 is 6.03 Å². The van der Waals surface area contributed by atoms with Crippen LogP contribution in [-0.2, 0) is 32.0 Å². The molecule has 10 heteroatoms. The summed E-state index contributed by atoms with van der Waals surface area (Å²) in [6, 6.07) is 13.2. The van der Waals surface area contributed by atoms with Gasteiger partial charge < -0.3 is 30.7 Å². The van der Waals surface area contributed by atoms with Crippen molar-refractivity contribution in [3.05, 3.63) is 65.7 Å². The number of ether oxygens (including phenoxy) is 2. The highest BCUT2D eigenvalue weighted by Gasteiger charge is 2.50. The third-order valence-electron chi connectivity index (χ3n) is 6.21. The van der Waals surface area contributed by atoms with Gasteiger partial charge in [0.1, 0.15) is 23.4 Å². The first kappa shape index (κ1) is 27.7. The minimum absolute atomic E-state index is 0.161. The highest BCUT2D eigenvalue weighted by molar-refractivity contribution is 5.98. The van der Waals surface area contributed by atoms with E-state index in [-0.39, 0.29) is 18.6 Å². The van der Waals surface area contributed by atoms with Crippen molar-refractivity contribution in [3.63, 3.8) is 0 Å². The number of carbonyl (C=O) groups excluding carboxylic acids is 4. The van der Waals surface area contributed by atoms with Gasteiger partial charge in [-0.3, -0.25) is 14.4 Å². The number of epoxide rings is 1. The lowest BCUT2D eigenvalue weighted by atomic mass is 9.94. The fraction of sp³-hybridized carbons (Fsp3) is 0.407. The highest BCUT2D eigenvalue weighted by atomic mass is 16.6. The molecule has 10 nitrogen and oxygen atoms in total. The zero-order valence-electron chi connectivity index (χ0n) is 21.5. The lowest BCUT2D eigenvalue weighted by Gasteiger charge is -2.25. The largest absolute Gasteiger partial charge is 0.497 e. The van der Waals surface area contributed by atoms with Crippen LogP contribution in [0.1, 0.15) is 25.0 Å². The van der Waals surface area contributed by atoms with E-state index in [0.29, 0.717) is 12.4 Å². The minimum Gasteiger partial charge on any atom is -0.497 e. The summed E-state index contributed by atoms with van der Waals surface area (Å²) in [5, 5.41) is 10.4. The van der Waals surface area contributed by atoms with Gasteiger partial charge in [-0.15, -0.1) is 0 Å². The Morgan fingerprint density at radius 1 is 0.892 bits per heavy atom. The number of carbonyl (C=O) groups is 4. The Bertz CT molecular complexity index is 1100. The summed E-state index contributed by atoms with van der Waals surface area (Å²) in [6.07, 6.45) is 0.441. The van der Waals surface area contributed by atoms with Crippen LogP contribution in [0.15, 0.2) is 54.6 Å². The summed E-state index contributed by atoms with van der Waals surface area (Å²) in [5.41, 5.74) is 0.717. The maximum atomic E-state index is 13.5. The normalized spacial score (nSPS) is 18.5. The Hall–Kier alpha value is -3.92. The van der Waals surface area contributed by atoms with Crippen LogP contribution in [0.25, 0.3) is 0 Å². The van der Waals surface area contributed by atoms with E-state index in [0.717, 1.165) is 11.1 Å². The Kier molecular flexibility index (Phi) is 9.24. The Morgan fingerprint density at radius 3 is 2.03 bits per heavy atom. The predicted molar refractivity (Wildman–Crippen MR) is 137 cm³/mol. The van der Waals surface area contributed by atoms with Gasteiger partial charge in [-0.2, -0.15) is 0 Å². The van der Waals surface area contributed by atoms with Crippen LogP contribution in [0.3, 0.4) is 0 Å². The molecule has 1 fully saturated rings. The summed E-state index contributed by atoms with van der Waals surface area (Å²) >= 11 is 0. The molecule has 0 bridgehead atoms. The van der Waals surface area contributed by atoms with Crippen molar-refractivity contribution in [1.29, 1.82) is 0 Å². The molecular weight excluding hydrogens is 476 g/mol. The first-order valence-corrected chi connectivity index (χ1v) is 12.1. The first-order valence-electron chi connectivity index (χ1n) is 12.1. The molecule has 1 heterocycles. The van der Waals surface area contributed by atoms with Crippen LogP contribution in [-0.4, -0.2) is 68.1 Å². The van der Waals surface area contributed by atoms with Crippen molar-refractivity contribution in [1.82, 2.24) is 21.3 Å². The SMILES string of the molecule is CNC(=O)NC(C)C(=O)NC(Cc1ccc(OC)cc1)C(=O)NC(Cc1ccccc1)C(=O)C1(C)CO1. The standard InChI is InChI=1S/C27H34N4O6/c1-17(29-26(35)28-3)24(33)31-22(15-19-10-12-20(36-4)13-11-19)25(34)30-21(23(32)27(2)16-37-27)14-18-8-6-5-7-9-18/h5-13,17,21-22H,14-16H2,1-4H3,(H,30,34)(H,31,33)(H2,28,29,35). The molecule has 0 spiro atoms. The molecule has 1 aliphatic heterocycles. The van der Waals surface area contributed by atoms with Crippen molar-refractivity contribution in [3.8, 4) is 5.75 Å². The average molecular weight is 511 g/mol. The molecule has 4 N–H and O–H groups in total. The number of rotatable bonds is 12. The molecule has 4 amide bonds. The number of nitrogens with one attached hydrogen (secondary N) is 4. The van der Waals surface area contributed by atoms with Crippen LogP contribution in [0.2, 0.25) is 0 Å². The van der Waals surface area contributed by atoms with Crippen LogP contribution in [0.5, 0.6) is 5.75 Å². The van der Waals surface area contributed by atoms with Gasteiger partial charge in [0.15, 0.2) is 5.78 Å². The smallest absolute Gasteiger partial charge is 0.315 e. The molecular formula is C27H34N4O6. The monoisotopic (exact) mass is 510 g/mol. The Morgan fingerprint density at radius 2 is 1.46 bits per heavy atom. The summed E-state index contributed by atoms with van der Waals surface area (Å²) in [5.74, 6) is -0.632. The fourth-order valence-corrected chi connectivity index (χ4v) is 3.79. The molecule has 4 unspecified atom stereocenters. The van der Waals surface area contributed by atoms with E-state index in [4.69, 9.17) is 9.47 Å². The molecule has 198 valence electrons. The van der Waals surface area contributed by atoms with Gasteiger partial charge in [0, 0.05) is 13.5 Å². The Balaban J connectivity index is 1.80. The molecule has 0 aliphatic carbocycles. The molecule has 1 aliphatic rings. The van der Waals surface area contributed by atoms with Gasteiger partial charge in [0.05, 0.1) is 19.8 Å². The van der Waals surface area contributed by atoms with Gasteiger partial charge in [0.2, 0.25) is 11.8 Å². The second-order valence-electron chi connectivity index (χ2n) is 9.19. The number of hydrogen-bond donors (Lipinski definition) is 4. The predicted octanol–water partition coefficient (Wildman–Crippen LogP) is 1.13. The number of Topliss-reactive ketones (excluding diaryl/α,β-unsaturated/α-hetero) is 1. The van der Waals surface area contributed by atoms with Crippen molar-refractivity contribution >= 4 is 23.6 Å². The molecule has 37 heavy (non-hydrogen) atoms. The van der Waals surface area contributed by atoms with E-state index < -0.39 is 41.6 Å². The van der Waals surface area contributed by atoms with Gasteiger partial charge in [-0.1, -0.05) is 42.5 Å². The third kappa shape index (κ3) is 7.78. The molecule has 4 atom stereocenters. The van der Waals surface area contributed by atoms with E-state index >= 15 is 0 Å². The quantitative estimate of drug-likeness (QED) is 0.316. The minimum atomic E-state index is -1.01. The third-order valence-corrected chi connectivity index (χ3v) is 6.21. The summed E-state index contributed by atoms with van der Waals surface area (Å²) in [7, 11) is 2.99. The highest BCUT2D eigenvalue weighted by Crippen LogP contribution is 2.29. The number of urea groups is 1. The zero-order valence-corrected chi connectivity index (χ0v) is 21.5. The van der Waals surface area contributed by atoms with E-state index in [9.17, 15) is 19.2 Å². The molecule has 2 aromatic rings. The van der Waals surface area contributed by atoms with Crippen molar-refractivity contribution in [2.75, 3.05) is 20.8 Å². The second kappa shape index (κ2) is 12.4. The maximum absolute atomic E-state index is 13.5. The van der Waals surface area contributed by atoms with Crippen LogP contribution in [0, 0.1) is 0 Å². The molecule has 1 saturated heterocycles. The number of ketones is 1. The van der Waals surface area contributed by atoms with Gasteiger partial charge in [-0.25, -0.2) is 4.79 Å². The van der Waals surface area contributed by atoms with Crippen LogP contribution < -0.4 is 26.0 Å². The first-order chi connectivity index (χ1) is 17.6. The van der Waals surface area contributed by atoms with E-state index in [1.165, 1.54) is 14.0 Å². The maximum Gasteiger partial charge on any atom is 0.315 e. The summed E-state index contributed by atoms with van der Waals surface area (Å²) in [4.78, 5) is 51.2. The molecule has 0 radical (unpaired) electrons. The Labute approximate surface area is 216 Å². The topological polar surface area (TPSA) is 138 Å². The summed E-state index contributed by atoms with van der Waals surface area (Å²) < 4.78 is 10.5.